The first kappa shape index (κ1) is 25.7. The summed E-state index contributed by atoms with van der Waals surface area (Å²) in [4.78, 5) is 42.8. The summed E-state index contributed by atoms with van der Waals surface area (Å²) in [5.74, 6) is -0.223. The van der Waals surface area contributed by atoms with Crippen LogP contribution in [0.4, 0.5) is 0 Å². The predicted octanol–water partition coefficient (Wildman–Crippen LogP) is 0.995. The fourth-order valence-electron chi connectivity index (χ4n) is 3.46. The van der Waals surface area contributed by atoms with Gasteiger partial charge in [-0.2, -0.15) is 0 Å². The predicted molar refractivity (Wildman–Crippen MR) is 116 cm³/mol. The van der Waals surface area contributed by atoms with Crippen LogP contribution in [0.1, 0.15) is 40.0 Å². The zero-order valence-electron chi connectivity index (χ0n) is 18.6. The minimum atomic E-state index is -0.700. The summed E-state index contributed by atoms with van der Waals surface area (Å²) in [5, 5.41) is -0.663. The van der Waals surface area contributed by atoms with Gasteiger partial charge < -0.3 is 20.3 Å². The molecular formula is C20H38N4O4S. The number of nitrogens with zero attached hydrogens (tertiary/aromatic N) is 3. The van der Waals surface area contributed by atoms with Crippen LogP contribution in [-0.2, 0) is 19.1 Å². The number of likely N-dealkylation sites (N-methyl/N-ethyl adjacent to an activating group) is 2. The molecule has 0 saturated carbocycles. The number of nitrogens with two attached hydrogens (primary N) is 1. The molecule has 1 aliphatic heterocycles. The Hall–Kier alpha value is -1.32. The number of thioether (sulfide) groups is 1. The smallest absolute Gasteiger partial charge is 0.256 e. The molecule has 0 aliphatic carbocycles. The summed E-state index contributed by atoms with van der Waals surface area (Å²) in [7, 11) is 3.26. The molecule has 1 rings (SSSR count). The van der Waals surface area contributed by atoms with Gasteiger partial charge in [-0.15, -0.1) is 11.8 Å². The van der Waals surface area contributed by atoms with Crippen LogP contribution in [0, 0.1) is 5.92 Å². The minimum absolute atomic E-state index is 0.0694. The van der Waals surface area contributed by atoms with Crippen molar-refractivity contribution >= 4 is 29.5 Å². The van der Waals surface area contributed by atoms with Crippen LogP contribution in [-0.4, -0.2) is 96.5 Å². The van der Waals surface area contributed by atoms with Gasteiger partial charge in [0.15, 0.2) is 5.37 Å². The van der Waals surface area contributed by atoms with Crippen molar-refractivity contribution in [3.8, 4) is 0 Å². The highest BCUT2D eigenvalue weighted by atomic mass is 32.2. The summed E-state index contributed by atoms with van der Waals surface area (Å²) >= 11 is 1.45. The second-order valence-electron chi connectivity index (χ2n) is 7.83. The van der Waals surface area contributed by atoms with E-state index in [2.05, 4.69) is 4.90 Å². The lowest BCUT2D eigenvalue weighted by atomic mass is 10.0. The van der Waals surface area contributed by atoms with Gasteiger partial charge in [0.1, 0.15) is 6.04 Å². The fraction of sp³-hybridized carbons (Fsp3) is 0.850. The van der Waals surface area contributed by atoms with E-state index in [1.165, 1.54) is 21.6 Å². The summed E-state index contributed by atoms with van der Waals surface area (Å²) in [6.07, 6.45) is 2.02. The summed E-state index contributed by atoms with van der Waals surface area (Å²) < 4.78 is 5.36. The Morgan fingerprint density at radius 2 is 1.76 bits per heavy atom. The first-order chi connectivity index (χ1) is 13.7. The molecule has 168 valence electrons. The van der Waals surface area contributed by atoms with Crippen molar-refractivity contribution in [2.24, 2.45) is 11.7 Å². The van der Waals surface area contributed by atoms with Crippen LogP contribution in [0.15, 0.2) is 0 Å². The second kappa shape index (κ2) is 13.1. The van der Waals surface area contributed by atoms with Crippen molar-refractivity contribution in [1.29, 1.82) is 0 Å². The van der Waals surface area contributed by atoms with Gasteiger partial charge in [0.2, 0.25) is 11.8 Å². The molecule has 0 radical (unpaired) electrons. The first-order valence-electron chi connectivity index (χ1n) is 10.4. The monoisotopic (exact) mass is 430 g/mol. The van der Waals surface area contributed by atoms with Crippen LogP contribution in [0.5, 0.6) is 0 Å². The van der Waals surface area contributed by atoms with Crippen LogP contribution >= 0.6 is 11.8 Å². The number of carbonyl (C=O) groups is 3. The van der Waals surface area contributed by atoms with E-state index in [9.17, 15) is 14.4 Å². The molecule has 0 bridgehead atoms. The number of hydrogen-bond donors (Lipinski definition) is 1. The molecule has 1 aliphatic rings. The van der Waals surface area contributed by atoms with Crippen molar-refractivity contribution in [1.82, 2.24) is 14.7 Å². The lowest BCUT2D eigenvalue weighted by Gasteiger charge is -2.35. The quantitative estimate of drug-likeness (QED) is 0.366. The maximum atomic E-state index is 13.2. The zero-order valence-corrected chi connectivity index (χ0v) is 19.4. The lowest BCUT2D eigenvalue weighted by Crippen LogP contribution is -2.54. The van der Waals surface area contributed by atoms with E-state index in [4.69, 9.17) is 10.5 Å². The Morgan fingerprint density at radius 1 is 1.14 bits per heavy atom. The lowest BCUT2D eigenvalue weighted by molar-refractivity contribution is -0.144. The molecule has 0 aromatic rings. The van der Waals surface area contributed by atoms with Crippen LogP contribution < -0.4 is 5.73 Å². The zero-order chi connectivity index (χ0) is 22.0. The van der Waals surface area contributed by atoms with Crippen LogP contribution in [0.2, 0.25) is 0 Å². The van der Waals surface area contributed by atoms with Gasteiger partial charge in [-0.25, -0.2) is 0 Å². The van der Waals surface area contributed by atoms with Crippen molar-refractivity contribution in [2.45, 2.75) is 51.4 Å². The minimum Gasteiger partial charge on any atom is -0.379 e. The summed E-state index contributed by atoms with van der Waals surface area (Å²) in [5.41, 5.74) is 5.53. The van der Waals surface area contributed by atoms with E-state index < -0.39 is 17.3 Å². The molecule has 0 unspecified atom stereocenters. The molecule has 1 heterocycles. The number of primary amides is 1. The Balaban J connectivity index is 2.79. The first-order valence-corrected chi connectivity index (χ1v) is 11.5. The van der Waals surface area contributed by atoms with Gasteiger partial charge in [0.25, 0.3) is 5.91 Å². The molecule has 3 amide bonds. The molecule has 2 atom stereocenters. The third kappa shape index (κ3) is 8.14. The molecule has 0 aromatic carbocycles. The van der Waals surface area contributed by atoms with Gasteiger partial charge in [0.05, 0.1) is 13.2 Å². The van der Waals surface area contributed by atoms with E-state index in [1.807, 2.05) is 20.8 Å². The van der Waals surface area contributed by atoms with Gasteiger partial charge in [0, 0.05) is 33.6 Å². The Bertz CT molecular complexity index is 541. The molecule has 1 saturated heterocycles. The largest absolute Gasteiger partial charge is 0.379 e. The number of amides is 3. The highest BCUT2D eigenvalue weighted by Gasteiger charge is 2.35. The number of rotatable bonds is 12. The number of ether oxygens (including phenoxy) is 1. The molecule has 9 heteroatoms. The highest BCUT2D eigenvalue weighted by molar-refractivity contribution is 8.00. The summed E-state index contributed by atoms with van der Waals surface area (Å²) in [6, 6.07) is -0.700. The average Bonchev–Trinajstić information content (AvgIpc) is 2.67. The fourth-order valence-corrected chi connectivity index (χ4v) is 4.62. The Labute approximate surface area is 179 Å². The van der Waals surface area contributed by atoms with Gasteiger partial charge in [-0.1, -0.05) is 20.8 Å². The average molecular weight is 431 g/mol. The van der Waals surface area contributed by atoms with Crippen molar-refractivity contribution in [3.63, 3.8) is 0 Å². The Morgan fingerprint density at radius 3 is 2.28 bits per heavy atom. The van der Waals surface area contributed by atoms with E-state index in [-0.39, 0.29) is 17.7 Å². The SMILES string of the molecule is CCCC(=O)N(C)[C@H](SCCCN1CCOCC1)C(=O)N(C)[C@H](C(N)=O)C(C)C. The molecule has 8 nitrogen and oxygen atoms in total. The second-order valence-corrected chi connectivity index (χ2v) is 9.01. The summed E-state index contributed by atoms with van der Waals surface area (Å²) in [6.45, 7) is 9.97. The highest BCUT2D eigenvalue weighted by Crippen LogP contribution is 2.22. The number of morpholine rings is 1. The molecular weight excluding hydrogens is 392 g/mol. The van der Waals surface area contributed by atoms with Crippen molar-refractivity contribution in [3.05, 3.63) is 0 Å². The maximum Gasteiger partial charge on any atom is 0.256 e. The van der Waals surface area contributed by atoms with E-state index in [1.54, 1.807) is 14.1 Å². The third-order valence-corrected chi connectivity index (χ3v) is 6.46. The number of carbonyl (C=O) groups excluding carboxylic acids is 3. The molecule has 0 spiro atoms. The topological polar surface area (TPSA) is 96.2 Å². The molecule has 2 N–H and O–H groups in total. The molecule has 1 fully saturated rings. The van der Waals surface area contributed by atoms with Crippen LogP contribution in [0.25, 0.3) is 0 Å². The van der Waals surface area contributed by atoms with Gasteiger partial charge in [-0.05, 0) is 31.1 Å². The van der Waals surface area contributed by atoms with Crippen molar-refractivity contribution < 1.29 is 19.1 Å². The van der Waals surface area contributed by atoms with Crippen molar-refractivity contribution in [2.75, 3.05) is 52.7 Å². The van der Waals surface area contributed by atoms with E-state index in [0.29, 0.717) is 6.42 Å². The van der Waals surface area contributed by atoms with E-state index in [0.717, 1.165) is 51.4 Å². The standard InChI is InChI=1S/C20H38N4O4S/c1-6-8-16(25)22(4)20(19(27)23(5)17(15(2)3)18(21)26)29-14-7-9-24-10-12-28-13-11-24/h15,17,20H,6-14H2,1-5H3,(H2,21,26)/t17-,20+/m0/s1. The molecule has 0 aromatic heterocycles. The normalized spacial score (nSPS) is 17.0. The molecule has 29 heavy (non-hydrogen) atoms. The van der Waals surface area contributed by atoms with Crippen LogP contribution in [0.3, 0.4) is 0 Å². The van der Waals surface area contributed by atoms with Gasteiger partial charge >= 0.3 is 0 Å². The number of hydrogen-bond acceptors (Lipinski definition) is 6. The van der Waals surface area contributed by atoms with E-state index >= 15 is 0 Å². The third-order valence-electron chi connectivity index (χ3n) is 5.11. The maximum absolute atomic E-state index is 13.2. The Kier molecular flexibility index (Phi) is 11.6. The van der Waals surface area contributed by atoms with Gasteiger partial charge in [-0.3, -0.25) is 19.3 Å².